The number of carbonyl (C=O) groups is 1. The molecule has 0 aliphatic carbocycles. The Morgan fingerprint density at radius 1 is 1.36 bits per heavy atom. The largest absolute Gasteiger partial charge is 0.423 e. The highest BCUT2D eigenvalue weighted by molar-refractivity contribution is 6.53. The number of aromatic nitrogens is 2. The van der Waals surface area contributed by atoms with Gasteiger partial charge in [0.1, 0.15) is 12.8 Å². The highest BCUT2D eigenvalue weighted by Gasteiger charge is 2.25. The van der Waals surface area contributed by atoms with Crippen molar-refractivity contribution in [2.24, 2.45) is 0 Å². The number of aliphatic hydroxyl groups excluding tert-OH is 1. The Bertz CT molecular complexity index is 608. The molecule has 1 aromatic heterocycles. The van der Waals surface area contributed by atoms with Crippen LogP contribution in [0, 0.1) is 0 Å². The summed E-state index contributed by atoms with van der Waals surface area (Å²) in [5.41, 5.74) is 1.06. The average molecular weight is 348 g/mol. The number of hydrogen-bond acceptors (Lipinski definition) is 5. The standard InChI is InChI=1S/C13H12Cl2FN3O3/c14-11(15)12(21)18-9(5-16)10(20)7-1-3-8(4-2-7)13-19-17-6-22-13/h1-4,6,9-11,20H,5H2,(H,18,21). The Kier molecular flexibility index (Phi) is 5.70. The quantitative estimate of drug-likeness (QED) is 0.780. The third kappa shape index (κ3) is 3.94. The van der Waals surface area contributed by atoms with E-state index in [1.54, 1.807) is 24.3 Å². The van der Waals surface area contributed by atoms with Gasteiger partial charge in [-0.1, -0.05) is 35.3 Å². The molecule has 0 aliphatic heterocycles. The van der Waals surface area contributed by atoms with Crippen molar-refractivity contribution < 1.29 is 18.7 Å². The van der Waals surface area contributed by atoms with Gasteiger partial charge in [-0.2, -0.15) is 0 Å². The van der Waals surface area contributed by atoms with Crippen LogP contribution in [0.2, 0.25) is 0 Å². The first-order chi connectivity index (χ1) is 10.5. The molecule has 0 bridgehead atoms. The first-order valence-electron chi connectivity index (χ1n) is 6.22. The molecule has 1 heterocycles. The topological polar surface area (TPSA) is 88.2 Å². The third-order valence-electron chi connectivity index (χ3n) is 2.93. The highest BCUT2D eigenvalue weighted by Crippen LogP contribution is 2.22. The molecule has 2 N–H and O–H groups in total. The van der Waals surface area contributed by atoms with Crippen LogP contribution in [0.15, 0.2) is 35.1 Å². The summed E-state index contributed by atoms with van der Waals surface area (Å²) in [6, 6.07) is 5.25. The molecule has 0 saturated carbocycles. The monoisotopic (exact) mass is 347 g/mol. The molecular weight excluding hydrogens is 336 g/mol. The Hall–Kier alpha value is -1.70. The van der Waals surface area contributed by atoms with Crippen LogP contribution in [-0.2, 0) is 4.79 Å². The summed E-state index contributed by atoms with van der Waals surface area (Å²) in [5.74, 6) is -0.448. The Balaban J connectivity index is 2.10. The van der Waals surface area contributed by atoms with Crippen molar-refractivity contribution in [2.75, 3.05) is 6.67 Å². The van der Waals surface area contributed by atoms with E-state index in [0.717, 1.165) is 0 Å². The molecule has 2 unspecified atom stereocenters. The fraction of sp³-hybridized carbons (Fsp3) is 0.308. The number of nitrogens with zero attached hydrogens (tertiary/aromatic N) is 2. The molecule has 0 spiro atoms. The van der Waals surface area contributed by atoms with Crippen LogP contribution in [-0.4, -0.2) is 38.8 Å². The van der Waals surface area contributed by atoms with E-state index in [1.165, 1.54) is 6.39 Å². The second-order valence-corrected chi connectivity index (χ2v) is 5.48. The lowest BCUT2D eigenvalue weighted by molar-refractivity contribution is -0.121. The molecule has 1 aromatic carbocycles. The van der Waals surface area contributed by atoms with Gasteiger partial charge in [-0.25, -0.2) is 4.39 Å². The maximum atomic E-state index is 13.0. The van der Waals surface area contributed by atoms with Gasteiger partial charge in [0.25, 0.3) is 5.91 Å². The van der Waals surface area contributed by atoms with E-state index < -0.39 is 29.6 Å². The summed E-state index contributed by atoms with van der Waals surface area (Å²) in [4.78, 5) is 10.0. The molecule has 22 heavy (non-hydrogen) atoms. The van der Waals surface area contributed by atoms with Crippen molar-refractivity contribution in [1.29, 1.82) is 0 Å². The van der Waals surface area contributed by atoms with Gasteiger partial charge in [-0.15, -0.1) is 10.2 Å². The number of aliphatic hydroxyl groups is 1. The van der Waals surface area contributed by atoms with Gasteiger partial charge in [0.15, 0.2) is 4.84 Å². The second kappa shape index (κ2) is 7.53. The summed E-state index contributed by atoms with van der Waals surface area (Å²) < 4.78 is 18.1. The van der Waals surface area contributed by atoms with Crippen LogP contribution in [0.1, 0.15) is 11.7 Å². The number of rotatable bonds is 6. The lowest BCUT2D eigenvalue weighted by Crippen LogP contribution is -2.43. The summed E-state index contributed by atoms with van der Waals surface area (Å²) in [6.45, 7) is -0.973. The molecule has 2 aromatic rings. The fourth-order valence-electron chi connectivity index (χ4n) is 1.80. The van der Waals surface area contributed by atoms with Crippen molar-refractivity contribution in [3.05, 3.63) is 36.2 Å². The van der Waals surface area contributed by atoms with E-state index in [2.05, 4.69) is 15.5 Å². The minimum atomic E-state index is -1.33. The van der Waals surface area contributed by atoms with Crippen LogP contribution >= 0.6 is 23.2 Å². The summed E-state index contributed by atoms with van der Waals surface area (Å²) in [7, 11) is 0. The van der Waals surface area contributed by atoms with Crippen molar-refractivity contribution in [3.8, 4) is 11.5 Å². The smallest absolute Gasteiger partial charge is 0.253 e. The number of nitrogens with one attached hydrogen (secondary N) is 1. The molecule has 0 aliphatic rings. The van der Waals surface area contributed by atoms with Gasteiger partial charge in [0.05, 0.1) is 6.04 Å². The lowest BCUT2D eigenvalue weighted by Gasteiger charge is -2.22. The Labute approximate surface area is 135 Å². The minimum Gasteiger partial charge on any atom is -0.423 e. The molecule has 1 amide bonds. The lowest BCUT2D eigenvalue weighted by atomic mass is 10.0. The number of hydrogen-bond donors (Lipinski definition) is 2. The average Bonchev–Trinajstić information content (AvgIpc) is 3.06. The van der Waals surface area contributed by atoms with Gasteiger partial charge in [0, 0.05) is 5.56 Å². The van der Waals surface area contributed by atoms with Gasteiger partial charge < -0.3 is 14.8 Å². The molecule has 6 nitrogen and oxygen atoms in total. The predicted molar refractivity (Wildman–Crippen MR) is 78.1 cm³/mol. The number of alkyl halides is 3. The van der Waals surface area contributed by atoms with Crippen molar-refractivity contribution in [1.82, 2.24) is 15.5 Å². The normalized spacial score (nSPS) is 13.9. The first-order valence-corrected chi connectivity index (χ1v) is 7.09. The van der Waals surface area contributed by atoms with Gasteiger partial charge in [-0.3, -0.25) is 4.79 Å². The number of halogens is 3. The van der Waals surface area contributed by atoms with E-state index in [0.29, 0.717) is 17.0 Å². The van der Waals surface area contributed by atoms with Crippen LogP contribution in [0.25, 0.3) is 11.5 Å². The van der Waals surface area contributed by atoms with Crippen molar-refractivity contribution >= 4 is 29.1 Å². The molecule has 118 valence electrons. The molecule has 0 fully saturated rings. The molecule has 0 saturated heterocycles. The molecule has 0 radical (unpaired) electrons. The molecule has 2 atom stereocenters. The number of carbonyl (C=O) groups excluding carboxylic acids is 1. The minimum absolute atomic E-state index is 0.323. The highest BCUT2D eigenvalue weighted by atomic mass is 35.5. The van der Waals surface area contributed by atoms with Crippen LogP contribution in [0.3, 0.4) is 0 Å². The molecule has 2 rings (SSSR count). The van der Waals surface area contributed by atoms with Crippen LogP contribution in [0.4, 0.5) is 4.39 Å². The SMILES string of the molecule is O=C(NC(CF)C(O)c1ccc(-c2nnco2)cc1)C(Cl)Cl. The van der Waals surface area contributed by atoms with Crippen LogP contribution < -0.4 is 5.32 Å². The summed E-state index contributed by atoms with van der Waals surface area (Å²) >= 11 is 10.8. The maximum absolute atomic E-state index is 13.0. The van der Waals surface area contributed by atoms with Crippen molar-refractivity contribution in [2.45, 2.75) is 17.0 Å². The number of amides is 1. The summed E-state index contributed by atoms with van der Waals surface area (Å²) in [6.07, 6.45) is -0.0561. The van der Waals surface area contributed by atoms with Gasteiger partial charge in [0.2, 0.25) is 12.3 Å². The van der Waals surface area contributed by atoms with E-state index in [-0.39, 0.29) is 0 Å². The molecule has 9 heteroatoms. The fourth-order valence-corrected chi connectivity index (χ4v) is 1.93. The third-order valence-corrected chi connectivity index (χ3v) is 3.33. The summed E-state index contributed by atoms with van der Waals surface area (Å²) in [5, 5.41) is 19.7. The zero-order valence-electron chi connectivity index (χ0n) is 11.1. The van der Waals surface area contributed by atoms with E-state index in [9.17, 15) is 14.3 Å². The van der Waals surface area contributed by atoms with E-state index >= 15 is 0 Å². The first kappa shape index (κ1) is 16.7. The van der Waals surface area contributed by atoms with Crippen molar-refractivity contribution in [3.63, 3.8) is 0 Å². The second-order valence-electron chi connectivity index (χ2n) is 4.38. The van der Waals surface area contributed by atoms with E-state index in [4.69, 9.17) is 27.6 Å². The van der Waals surface area contributed by atoms with E-state index in [1.807, 2.05) is 0 Å². The van der Waals surface area contributed by atoms with Crippen LogP contribution in [0.5, 0.6) is 0 Å². The number of benzene rings is 1. The zero-order valence-corrected chi connectivity index (χ0v) is 12.6. The predicted octanol–water partition coefficient (Wildman–Crippen LogP) is 2.03. The van der Waals surface area contributed by atoms with Gasteiger partial charge >= 0.3 is 0 Å². The Morgan fingerprint density at radius 2 is 2.05 bits per heavy atom. The maximum Gasteiger partial charge on any atom is 0.253 e. The Morgan fingerprint density at radius 3 is 2.55 bits per heavy atom. The van der Waals surface area contributed by atoms with Gasteiger partial charge in [-0.05, 0) is 17.7 Å². The zero-order chi connectivity index (χ0) is 16.1. The molecular formula is C13H12Cl2FN3O3.